The standard InChI is InChI=1S/C17H26N2O2/c1-13(2)11-16(17(20)21)18-12-14-5-7-15(8-6-14)19-9-3-4-10-19/h5-8,13,16,18H,3-4,9-12H2,1-2H3,(H,20,21). The fourth-order valence-corrected chi connectivity index (χ4v) is 2.78. The van der Waals surface area contributed by atoms with Gasteiger partial charge in [0.2, 0.25) is 0 Å². The molecule has 1 aliphatic rings. The summed E-state index contributed by atoms with van der Waals surface area (Å²) in [5.41, 5.74) is 2.40. The van der Waals surface area contributed by atoms with Crippen LogP contribution in [-0.4, -0.2) is 30.2 Å². The second-order valence-electron chi connectivity index (χ2n) is 6.26. The van der Waals surface area contributed by atoms with E-state index >= 15 is 0 Å². The third kappa shape index (κ3) is 4.74. The number of carbonyl (C=O) groups is 1. The van der Waals surface area contributed by atoms with E-state index in [0.29, 0.717) is 18.9 Å². The van der Waals surface area contributed by atoms with Crippen molar-refractivity contribution in [2.24, 2.45) is 5.92 Å². The third-order valence-electron chi connectivity index (χ3n) is 3.97. The topological polar surface area (TPSA) is 52.6 Å². The molecule has 1 atom stereocenters. The summed E-state index contributed by atoms with van der Waals surface area (Å²) in [6, 6.07) is 7.99. The maximum absolute atomic E-state index is 11.2. The Morgan fingerprint density at radius 2 is 1.86 bits per heavy atom. The number of carboxylic acid groups (broad SMARTS) is 1. The van der Waals surface area contributed by atoms with Crippen molar-refractivity contribution in [3.8, 4) is 0 Å². The molecule has 0 radical (unpaired) electrons. The first-order valence-electron chi connectivity index (χ1n) is 7.86. The first kappa shape index (κ1) is 15.8. The summed E-state index contributed by atoms with van der Waals surface area (Å²) in [6.45, 7) is 6.98. The van der Waals surface area contributed by atoms with Crippen LogP contribution >= 0.6 is 0 Å². The molecule has 0 spiro atoms. The minimum Gasteiger partial charge on any atom is -0.480 e. The van der Waals surface area contributed by atoms with Gasteiger partial charge in [-0.2, -0.15) is 0 Å². The van der Waals surface area contributed by atoms with Gasteiger partial charge in [-0.15, -0.1) is 0 Å². The maximum atomic E-state index is 11.2. The Morgan fingerprint density at radius 1 is 1.24 bits per heavy atom. The van der Waals surface area contributed by atoms with Gasteiger partial charge in [-0.05, 0) is 42.9 Å². The summed E-state index contributed by atoms with van der Waals surface area (Å²) < 4.78 is 0. The van der Waals surface area contributed by atoms with E-state index in [1.54, 1.807) is 0 Å². The number of rotatable bonds is 7. The van der Waals surface area contributed by atoms with Crippen LogP contribution in [0.2, 0.25) is 0 Å². The number of hydrogen-bond donors (Lipinski definition) is 2. The lowest BCUT2D eigenvalue weighted by molar-refractivity contribution is -0.140. The van der Waals surface area contributed by atoms with Crippen molar-refractivity contribution in [1.29, 1.82) is 0 Å². The van der Waals surface area contributed by atoms with Crippen LogP contribution in [0.3, 0.4) is 0 Å². The highest BCUT2D eigenvalue weighted by molar-refractivity contribution is 5.73. The molecular formula is C17H26N2O2. The predicted molar refractivity (Wildman–Crippen MR) is 85.6 cm³/mol. The largest absolute Gasteiger partial charge is 0.480 e. The summed E-state index contributed by atoms with van der Waals surface area (Å²) >= 11 is 0. The minimum absolute atomic E-state index is 0.371. The number of anilines is 1. The average Bonchev–Trinajstić information content (AvgIpc) is 2.97. The van der Waals surface area contributed by atoms with Crippen LogP contribution in [0.1, 0.15) is 38.7 Å². The molecule has 1 saturated heterocycles. The zero-order valence-electron chi connectivity index (χ0n) is 13.0. The highest BCUT2D eigenvalue weighted by atomic mass is 16.4. The lowest BCUT2D eigenvalue weighted by Gasteiger charge is -2.19. The highest BCUT2D eigenvalue weighted by Gasteiger charge is 2.18. The van der Waals surface area contributed by atoms with Gasteiger partial charge in [-0.1, -0.05) is 26.0 Å². The van der Waals surface area contributed by atoms with E-state index in [1.807, 2.05) is 13.8 Å². The normalized spacial score (nSPS) is 16.4. The quantitative estimate of drug-likeness (QED) is 0.811. The first-order chi connectivity index (χ1) is 10.1. The molecule has 4 nitrogen and oxygen atoms in total. The summed E-state index contributed by atoms with van der Waals surface area (Å²) in [4.78, 5) is 13.6. The van der Waals surface area contributed by atoms with Crippen LogP contribution in [-0.2, 0) is 11.3 Å². The number of benzene rings is 1. The van der Waals surface area contributed by atoms with Crippen LogP contribution in [0, 0.1) is 5.92 Å². The number of nitrogens with zero attached hydrogens (tertiary/aromatic N) is 1. The van der Waals surface area contributed by atoms with Gasteiger partial charge in [0, 0.05) is 25.3 Å². The van der Waals surface area contributed by atoms with Crippen LogP contribution in [0.5, 0.6) is 0 Å². The molecule has 4 heteroatoms. The van der Waals surface area contributed by atoms with Crippen LogP contribution in [0.15, 0.2) is 24.3 Å². The third-order valence-corrected chi connectivity index (χ3v) is 3.97. The van der Waals surface area contributed by atoms with Crippen LogP contribution in [0.25, 0.3) is 0 Å². The van der Waals surface area contributed by atoms with Gasteiger partial charge in [-0.25, -0.2) is 0 Å². The average molecular weight is 290 g/mol. The predicted octanol–water partition coefficient (Wildman–Crippen LogP) is 2.88. The zero-order valence-corrected chi connectivity index (χ0v) is 13.0. The van der Waals surface area contributed by atoms with E-state index in [4.69, 9.17) is 0 Å². The highest BCUT2D eigenvalue weighted by Crippen LogP contribution is 2.20. The molecule has 2 rings (SSSR count). The molecular weight excluding hydrogens is 264 g/mol. The summed E-state index contributed by atoms with van der Waals surface area (Å²) in [6.07, 6.45) is 3.21. The Labute approximate surface area is 127 Å². The lowest BCUT2D eigenvalue weighted by Crippen LogP contribution is -2.37. The Kier molecular flexibility index (Phi) is 5.62. The molecule has 116 valence electrons. The van der Waals surface area contributed by atoms with Crippen molar-refractivity contribution in [3.05, 3.63) is 29.8 Å². The molecule has 1 aromatic rings. The van der Waals surface area contributed by atoms with Crippen molar-refractivity contribution in [3.63, 3.8) is 0 Å². The van der Waals surface area contributed by atoms with E-state index in [-0.39, 0.29) is 0 Å². The van der Waals surface area contributed by atoms with Crippen molar-refractivity contribution in [2.45, 2.75) is 45.7 Å². The summed E-state index contributed by atoms with van der Waals surface area (Å²) in [5.74, 6) is -0.395. The molecule has 0 aromatic heterocycles. The van der Waals surface area contributed by atoms with Gasteiger partial charge in [0.15, 0.2) is 0 Å². The molecule has 1 aliphatic heterocycles. The molecule has 1 aromatic carbocycles. The fourth-order valence-electron chi connectivity index (χ4n) is 2.78. The molecule has 0 saturated carbocycles. The molecule has 0 aliphatic carbocycles. The number of carboxylic acids is 1. The van der Waals surface area contributed by atoms with Crippen molar-refractivity contribution < 1.29 is 9.90 Å². The molecule has 1 heterocycles. The number of aliphatic carboxylic acids is 1. The molecule has 1 fully saturated rings. The summed E-state index contributed by atoms with van der Waals surface area (Å²) in [5, 5.41) is 12.4. The Hall–Kier alpha value is -1.55. The van der Waals surface area contributed by atoms with E-state index in [1.165, 1.54) is 18.5 Å². The van der Waals surface area contributed by atoms with Gasteiger partial charge >= 0.3 is 5.97 Å². The van der Waals surface area contributed by atoms with Crippen molar-refractivity contribution in [2.75, 3.05) is 18.0 Å². The Bertz CT molecular complexity index is 450. The van der Waals surface area contributed by atoms with Crippen molar-refractivity contribution >= 4 is 11.7 Å². The summed E-state index contributed by atoms with van der Waals surface area (Å²) in [7, 11) is 0. The molecule has 0 bridgehead atoms. The number of hydrogen-bond acceptors (Lipinski definition) is 3. The van der Waals surface area contributed by atoms with E-state index in [9.17, 15) is 9.90 Å². The smallest absolute Gasteiger partial charge is 0.320 e. The zero-order chi connectivity index (χ0) is 15.2. The van der Waals surface area contributed by atoms with Crippen LogP contribution < -0.4 is 10.2 Å². The second-order valence-corrected chi connectivity index (χ2v) is 6.26. The van der Waals surface area contributed by atoms with Gasteiger partial charge in [0.1, 0.15) is 6.04 Å². The van der Waals surface area contributed by atoms with Crippen molar-refractivity contribution in [1.82, 2.24) is 5.32 Å². The first-order valence-corrected chi connectivity index (χ1v) is 7.86. The van der Waals surface area contributed by atoms with Gasteiger partial charge in [0.05, 0.1) is 0 Å². The molecule has 1 unspecified atom stereocenters. The lowest BCUT2D eigenvalue weighted by atomic mass is 10.0. The molecule has 2 N–H and O–H groups in total. The van der Waals surface area contributed by atoms with Gasteiger partial charge in [-0.3, -0.25) is 4.79 Å². The van der Waals surface area contributed by atoms with E-state index in [2.05, 4.69) is 34.5 Å². The van der Waals surface area contributed by atoms with Gasteiger partial charge < -0.3 is 15.3 Å². The van der Waals surface area contributed by atoms with Crippen LogP contribution in [0.4, 0.5) is 5.69 Å². The molecule has 21 heavy (non-hydrogen) atoms. The number of nitrogens with one attached hydrogen (secondary N) is 1. The van der Waals surface area contributed by atoms with E-state index in [0.717, 1.165) is 18.7 Å². The monoisotopic (exact) mass is 290 g/mol. The molecule has 0 amide bonds. The Morgan fingerprint density at radius 3 is 2.38 bits per heavy atom. The maximum Gasteiger partial charge on any atom is 0.320 e. The van der Waals surface area contributed by atoms with Gasteiger partial charge in [0.25, 0.3) is 0 Å². The Balaban J connectivity index is 1.88. The fraction of sp³-hybridized carbons (Fsp3) is 0.588. The SMILES string of the molecule is CC(C)CC(NCc1ccc(N2CCCC2)cc1)C(=O)O. The minimum atomic E-state index is -0.766. The van der Waals surface area contributed by atoms with E-state index < -0.39 is 12.0 Å². The second kappa shape index (κ2) is 7.46.